The van der Waals surface area contributed by atoms with Gasteiger partial charge in [-0.25, -0.2) is 4.79 Å². The molecule has 1 heterocycles. The van der Waals surface area contributed by atoms with E-state index in [-0.39, 0.29) is 11.3 Å². The standard InChI is InChI=1S/C13H11NO3/c1-8-4-5-14-7-11(8)10-3-2-9(13(16)17)6-12(10)15/h2-7,15H,1H3,(H,16,17). The first-order valence-corrected chi connectivity index (χ1v) is 5.07. The van der Waals surface area contributed by atoms with Gasteiger partial charge in [-0.1, -0.05) is 0 Å². The molecule has 0 aliphatic heterocycles. The van der Waals surface area contributed by atoms with Gasteiger partial charge in [-0.05, 0) is 36.8 Å². The average Bonchev–Trinajstić information content (AvgIpc) is 2.30. The predicted molar refractivity (Wildman–Crippen MR) is 63.0 cm³/mol. The van der Waals surface area contributed by atoms with E-state index in [1.165, 1.54) is 12.1 Å². The maximum atomic E-state index is 10.7. The summed E-state index contributed by atoms with van der Waals surface area (Å²) in [7, 11) is 0. The number of benzene rings is 1. The van der Waals surface area contributed by atoms with Crippen LogP contribution in [0.25, 0.3) is 11.1 Å². The number of pyridine rings is 1. The second-order valence-corrected chi connectivity index (χ2v) is 3.73. The summed E-state index contributed by atoms with van der Waals surface area (Å²) in [6.45, 7) is 1.90. The monoisotopic (exact) mass is 229 g/mol. The smallest absolute Gasteiger partial charge is 0.335 e. The molecule has 0 amide bonds. The summed E-state index contributed by atoms with van der Waals surface area (Å²) in [5.41, 5.74) is 2.41. The molecule has 1 aromatic carbocycles. The fourth-order valence-electron chi connectivity index (χ4n) is 1.64. The molecule has 0 atom stereocenters. The van der Waals surface area contributed by atoms with E-state index in [4.69, 9.17) is 5.11 Å². The minimum Gasteiger partial charge on any atom is -0.507 e. The van der Waals surface area contributed by atoms with Crippen LogP contribution >= 0.6 is 0 Å². The minimum absolute atomic E-state index is 0.0546. The highest BCUT2D eigenvalue weighted by Gasteiger charge is 2.10. The highest BCUT2D eigenvalue weighted by molar-refractivity contribution is 5.89. The topological polar surface area (TPSA) is 70.4 Å². The van der Waals surface area contributed by atoms with Crippen molar-refractivity contribution < 1.29 is 15.0 Å². The van der Waals surface area contributed by atoms with Gasteiger partial charge in [0.25, 0.3) is 0 Å². The fourth-order valence-corrected chi connectivity index (χ4v) is 1.64. The van der Waals surface area contributed by atoms with Gasteiger partial charge in [0, 0.05) is 23.5 Å². The van der Waals surface area contributed by atoms with Crippen molar-refractivity contribution in [2.45, 2.75) is 6.92 Å². The van der Waals surface area contributed by atoms with Gasteiger partial charge < -0.3 is 10.2 Å². The predicted octanol–water partition coefficient (Wildman–Crippen LogP) is 2.46. The zero-order chi connectivity index (χ0) is 12.4. The number of phenols is 1. The molecule has 2 aromatic rings. The van der Waals surface area contributed by atoms with Gasteiger partial charge >= 0.3 is 5.97 Å². The summed E-state index contributed by atoms with van der Waals surface area (Å²) in [6.07, 6.45) is 3.31. The van der Waals surface area contributed by atoms with Crippen LogP contribution in [0.2, 0.25) is 0 Å². The number of carboxylic acid groups (broad SMARTS) is 1. The molecule has 0 aliphatic carbocycles. The summed E-state index contributed by atoms with van der Waals surface area (Å²) in [4.78, 5) is 14.7. The molecule has 0 saturated heterocycles. The van der Waals surface area contributed by atoms with Crippen LogP contribution < -0.4 is 0 Å². The van der Waals surface area contributed by atoms with Crippen LogP contribution in [0.3, 0.4) is 0 Å². The van der Waals surface area contributed by atoms with Crippen LogP contribution in [0.15, 0.2) is 36.7 Å². The Morgan fingerprint density at radius 1 is 1.24 bits per heavy atom. The van der Waals surface area contributed by atoms with E-state index < -0.39 is 5.97 Å². The number of aromatic nitrogens is 1. The van der Waals surface area contributed by atoms with Gasteiger partial charge in [0.15, 0.2) is 0 Å². The molecule has 1 aromatic heterocycles. The van der Waals surface area contributed by atoms with Gasteiger partial charge in [-0.15, -0.1) is 0 Å². The van der Waals surface area contributed by atoms with Crippen molar-refractivity contribution in [3.63, 3.8) is 0 Å². The Morgan fingerprint density at radius 3 is 2.59 bits per heavy atom. The lowest BCUT2D eigenvalue weighted by atomic mass is 10.0. The molecule has 0 aliphatic rings. The molecule has 17 heavy (non-hydrogen) atoms. The minimum atomic E-state index is -1.06. The number of aromatic hydroxyl groups is 1. The number of hydrogen-bond acceptors (Lipinski definition) is 3. The maximum Gasteiger partial charge on any atom is 0.335 e. The van der Waals surface area contributed by atoms with Gasteiger partial charge in [-0.3, -0.25) is 4.98 Å². The van der Waals surface area contributed by atoms with E-state index in [0.29, 0.717) is 5.56 Å². The first-order chi connectivity index (χ1) is 8.09. The molecule has 0 radical (unpaired) electrons. The van der Waals surface area contributed by atoms with Crippen molar-refractivity contribution in [3.8, 4) is 16.9 Å². The van der Waals surface area contributed by atoms with Crippen molar-refractivity contribution in [3.05, 3.63) is 47.8 Å². The number of aromatic carboxylic acids is 1. The van der Waals surface area contributed by atoms with Crippen LogP contribution in [0.1, 0.15) is 15.9 Å². The number of rotatable bonds is 2. The number of carbonyl (C=O) groups is 1. The Kier molecular flexibility index (Phi) is 2.78. The summed E-state index contributed by atoms with van der Waals surface area (Å²) < 4.78 is 0. The van der Waals surface area contributed by atoms with E-state index >= 15 is 0 Å². The molecule has 86 valence electrons. The van der Waals surface area contributed by atoms with E-state index in [1.807, 2.05) is 13.0 Å². The molecule has 0 bridgehead atoms. The van der Waals surface area contributed by atoms with Gasteiger partial charge in [0.05, 0.1) is 5.56 Å². The van der Waals surface area contributed by atoms with Crippen molar-refractivity contribution in [1.82, 2.24) is 4.98 Å². The van der Waals surface area contributed by atoms with Crippen LogP contribution in [0.4, 0.5) is 0 Å². The molecule has 0 unspecified atom stereocenters. The second-order valence-electron chi connectivity index (χ2n) is 3.73. The largest absolute Gasteiger partial charge is 0.507 e. The molecule has 0 fully saturated rings. The third-order valence-corrected chi connectivity index (χ3v) is 2.57. The van der Waals surface area contributed by atoms with Gasteiger partial charge in [0.1, 0.15) is 5.75 Å². The summed E-state index contributed by atoms with van der Waals surface area (Å²) in [5.74, 6) is -1.12. The molecule has 0 spiro atoms. The first-order valence-electron chi connectivity index (χ1n) is 5.07. The van der Waals surface area contributed by atoms with Crippen LogP contribution in [0.5, 0.6) is 5.75 Å². The Labute approximate surface area is 98.2 Å². The summed E-state index contributed by atoms with van der Waals surface area (Å²) in [5, 5.41) is 18.6. The van der Waals surface area contributed by atoms with Gasteiger partial charge in [0.2, 0.25) is 0 Å². The van der Waals surface area contributed by atoms with Crippen LogP contribution in [0, 0.1) is 6.92 Å². The van der Waals surface area contributed by atoms with Crippen molar-refractivity contribution in [1.29, 1.82) is 0 Å². The molecular formula is C13H11NO3. The van der Waals surface area contributed by atoms with E-state index in [0.717, 1.165) is 11.1 Å². The van der Waals surface area contributed by atoms with E-state index in [1.54, 1.807) is 18.5 Å². The number of nitrogens with zero attached hydrogens (tertiary/aromatic N) is 1. The van der Waals surface area contributed by atoms with E-state index in [2.05, 4.69) is 4.98 Å². The molecule has 2 N–H and O–H groups in total. The number of carboxylic acids is 1. The number of hydrogen-bond donors (Lipinski definition) is 2. The Bertz CT molecular complexity index is 579. The molecule has 0 saturated carbocycles. The Morgan fingerprint density at radius 2 is 2.00 bits per heavy atom. The Hall–Kier alpha value is -2.36. The van der Waals surface area contributed by atoms with Gasteiger partial charge in [-0.2, -0.15) is 0 Å². The highest BCUT2D eigenvalue weighted by Crippen LogP contribution is 2.31. The lowest BCUT2D eigenvalue weighted by Gasteiger charge is -2.07. The third-order valence-electron chi connectivity index (χ3n) is 2.57. The lowest BCUT2D eigenvalue weighted by molar-refractivity contribution is 0.0696. The zero-order valence-electron chi connectivity index (χ0n) is 9.21. The molecular weight excluding hydrogens is 218 g/mol. The molecule has 4 nitrogen and oxygen atoms in total. The first kappa shape index (κ1) is 11.1. The summed E-state index contributed by atoms with van der Waals surface area (Å²) in [6, 6.07) is 6.12. The quantitative estimate of drug-likeness (QED) is 0.829. The zero-order valence-corrected chi connectivity index (χ0v) is 9.21. The van der Waals surface area contributed by atoms with Crippen molar-refractivity contribution >= 4 is 5.97 Å². The van der Waals surface area contributed by atoms with Crippen molar-refractivity contribution in [2.24, 2.45) is 0 Å². The van der Waals surface area contributed by atoms with Crippen LogP contribution in [-0.2, 0) is 0 Å². The van der Waals surface area contributed by atoms with E-state index in [9.17, 15) is 9.90 Å². The molecule has 4 heteroatoms. The van der Waals surface area contributed by atoms with Crippen molar-refractivity contribution in [2.75, 3.05) is 0 Å². The Balaban J connectivity index is 2.55. The highest BCUT2D eigenvalue weighted by atomic mass is 16.4. The SMILES string of the molecule is Cc1ccncc1-c1ccc(C(=O)O)cc1O. The fraction of sp³-hybridized carbons (Fsp3) is 0.0769. The molecule has 2 rings (SSSR count). The normalized spacial score (nSPS) is 10.2. The third kappa shape index (κ3) is 2.10. The van der Waals surface area contributed by atoms with Crippen LogP contribution in [-0.4, -0.2) is 21.2 Å². The number of phenolic OH excluding ortho intramolecular Hbond substituents is 1. The average molecular weight is 229 g/mol. The second kappa shape index (κ2) is 4.25. The lowest BCUT2D eigenvalue weighted by Crippen LogP contribution is -1.96. The summed E-state index contributed by atoms with van der Waals surface area (Å²) >= 11 is 0. The maximum absolute atomic E-state index is 10.7. The number of aryl methyl sites for hydroxylation is 1.